The monoisotopic (exact) mass is 454 g/mol. The second kappa shape index (κ2) is 8.46. The lowest BCUT2D eigenvalue weighted by Gasteiger charge is -2.10. The Balaban J connectivity index is 1.60. The summed E-state index contributed by atoms with van der Waals surface area (Å²) in [5.74, 6) is 0.605. The van der Waals surface area contributed by atoms with Crippen LogP contribution in [0.2, 0.25) is 10.0 Å². The van der Waals surface area contributed by atoms with Crippen molar-refractivity contribution in [2.75, 3.05) is 7.11 Å². The molecule has 0 unspecified atom stereocenters. The van der Waals surface area contributed by atoms with Gasteiger partial charge in [-0.15, -0.1) is 0 Å². The third kappa shape index (κ3) is 4.15. The molecule has 0 saturated carbocycles. The minimum Gasteiger partial charge on any atom is -0.497 e. The standard InChI is InChI=1S/C24H16Cl2O5/c1-13-20(31-24(28)14-4-7-17(29-2)8-5-14)10-9-18-22(27)21(30-23(13)18)11-15-3-6-16(25)12-19(15)26/h3-12H,1-2H3/b21-11-. The minimum absolute atomic E-state index is 0.126. The van der Waals surface area contributed by atoms with E-state index >= 15 is 0 Å². The topological polar surface area (TPSA) is 61.8 Å². The molecule has 1 aliphatic heterocycles. The molecule has 7 heteroatoms. The number of allylic oxidation sites excluding steroid dienone is 1. The number of methoxy groups -OCH3 is 1. The molecule has 31 heavy (non-hydrogen) atoms. The van der Waals surface area contributed by atoms with E-state index in [1.165, 1.54) is 0 Å². The molecule has 3 aromatic carbocycles. The number of esters is 1. The highest BCUT2D eigenvalue weighted by molar-refractivity contribution is 6.35. The number of ketones is 1. The summed E-state index contributed by atoms with van der Waals surface area (Å²) < 4.78 is 16.4. The van der Waals surface area contributed by atoms with Crippen molar-refractivity contribution >= 4 is 41.0 Å². The highest BCUT2D eigenvalue weighted by Gasteiger charge is 2.30. The van der Waals surface area contributed by atoms with Gasteiger partial charge in [-0.3, -0.25) is 4.79 Å². The summed E-state index contributed by atoms with van der Waals surface area (Å²) in [6.07, 6.45) is 1.56. The van der Waals surface area contributed by atoms with E-state index in [0.717, 1.165) is 0 Å². The number of fused-ring (bicyclic) bond motifs is 1. The van der Waals surface area contributed by atoms with Crippen LogP contribution in [0.4, 0.5) is 0 Å². The van der Waals surface area contributed by atoms with Crippen LogP contribution in [0.1, 0.15) is 31.8 Å². The Morgan fingerprint density at radius 2 is 1.77 bits per heavy atom. The molecule has 0 N–H and O–H groups in total. The van der Waals surface area contributed by atoms with Crippen LogP contribution in [0.3, 0.4) is 0 Å². The molecule has 1 heterocycles. The van der Waals surface area contributed by atoms with Crippen LogP contribution in [0.25, 0.3) is 6.08 Å². The molecule has 1 aliphatic rings. The number of hydrogen-bond donors (Lipinski definition) is 0. The molecule has 5 nitrogen and oxygen atoms in total. The summed E-state index contributed by atoms with van der Waals surface area (Å²) in [4.78, 5) is 25.3. The normalized spacial score (nSPS) is 13.7. The van der Waals surface area contributed by atoms with Crippen molar-refractivity contribution in [1.29, 1.82) is 0 Å². The zero-order chi connectivity index (χ0) is 22.1. The number of carbonyl (C=O) groups excluding carboxylic acids is 2. The summed E-state index contributed by atoms with van der Waals surface area (Å²) in [7, 11) is 1.55. The smallest absolute Gasteiger partial charge is 0.343 e. The van der Waals surface area contributed by atoms with Gasteiger partial charge in [-0.25, -0.2) is 4.79 Å². The van der Waals surface area contributed by atoms with E-state index in [9.17, 15) is 9.59 Å². The number of carbonyl (C=O) groups is 2. The first-order valence-corrected chi connectivity index (χ1v) is 10.0. The van der Waals surface area contributed by atoms with Crippen LogP contribution >= 0.6 is 23.2 Å². The molecular weight excluding hydrogens is 439 g/mol. The van der Waals surface area contributed by atoms with Crippen LogP contribution in [0, 0.1) is 6.92 Å². The maximum absolute atomic E-state index is 12.8. The van der Waals surface area contributed by atoms with Crippen molar-refractivity contribution in [2.45, 2.75) is 6.92 Å². The molecule has 0 spiro atoms. The number of ether oxygens (including phenoxy) is 3. The zero-order valence-electron chi connectivity index (χ0n) is 16.6. The van der Waals surface area contributed by atoms with Crippen LogP contribution in [-0.2, 0) is 0 Å². The largest absolute Gasteiger partial charge is 0.497 e. The molecule has 0 amide bonds. The van der Waals surface area contributed by atoms with Gasteiger partial charge in [0.05, 0.1) is 18.2 Å². The fourth-order valence-corrected chi connectivity index (χ4v) is 3.59. The Labute approximate surface area is 188 Å². The first-order chi connectivity index (χ1) is 14.9. The van der Waals surface area contributed by atoms with E-state index in [0.29, 0.717) is 49.5 Å². The molecule has 0 bridgehead atoms. The van der Waals surface area contributed by atoms with E-state index < -0.39 is 5.97 Å². The number of benzene rings is 3. The highest BCUT2D eigenvalue weighted by atomic mass is 35.5. The number of hydrogen-bond acceptors (Lipinski definition) is 5. The predicted octanol–water partition coefficient (Wildman–Crippen LogP) is 6.15. The van der Waals surface area contributed by atoms with Gasteiger partial charge in [0.15, 0.2) is 5.76 Å². The Hall–Kier alpha value is -3.28. The Kier molecular flexibility index (Phi) is 5.72. The molecule has 4 rings (SSSR count). The second-order valence-electron chi connectivity index (χ2n) is 6.79. The third-order valence-electron chi connectivity index (χ3n) is 4.81. The van der Waals surface area contributed by atoms with Gasteiger partial charge in [0.1, 0.15) is 17.2 Å². The van der Waals surface area contributed by atoms with E-state index in [1.807, 2.05) is 0 Å². The highest BCUT2D eigenvalue weighted by Crippen LogP contribution is 2.40. The van der Waals surface area contributed by atoms with Crippen molar-refractivity contribution in [1.82, 2.24) is 0 Å². The molecule has 3 aromatic rings. The van der Waals surface area contributed by atoms with Crippen LogP contribution in [-0.4, -0.2) is 18.9 Å². The number of halogens is 2. The average molecular weight is 455 g/mol. The molecule has 0 aromatic heterocycles. The van der Waals surface area contributed by atoms with E-state index in [-0.39, 0.29) is 11.5 Å². The quantitative estimate of drug-likeness (QED) is 0.269. The van der Waals surface area contributed by atoms with Gasteiger partial charge in [-0.1, -0.05) is 29.3 Å². The first-order valence-electron chi connectivity index (χ1n) is 9.26. The first kappa shape index (κ1) is 21.0. The van der Waals surface area contributed by atoms with Crippen LogP contribution in [0.15, 0.2) is 60.4 Å². The number of Topliss-reactive ketones (excluding diaryl/α,β-unsaturated/α-hetero) is 1. The van der Waals surface area contributed by atoms with Crippen LogP contribution in [0.5, 0.6) is 17.2 Å². The van der Waals surface area contributed by atoms with Crippen molar-refractivity contribution < 1.29 is 23.8 Å². The maximum atomic E-state index is 12.8. The Bertz CT molecular complexity index is 1230. The Morgan fingerprint density at radius 1 is 1.03 bits per heavy atom. The van der Waals surface area contributed by atoms with Crippen molar-refractivity contribution in [3.8, 4) is 17.2 Å². The Morgan fingerprint density at radius 3 is 2.45 bits per heavy atom. The van der Waals surface area contributed by atoms with Crippen LogP contribution < -0.4 is 14.2 Å². The van der Waals surface area contributed by atoms with Gasteiger partial charge >= 0.3 is 5.97 Å². The summed E-state index contributed by atoms with van der Waals surface area (Å²) in [6, 6.07) is 14.7. The van der Waals surface area contributed by atoms with Crippen molar-refractivity contribution in [2.24, 2.45) is 0 Å². The second-order valence-corrected chi connectivity index (χ2v) is 7.63. The fourth-order valence-electron chi connectivity index (χ4n) is 3.12. The van der Waals surface area contributed by atoms with Gasteiger partial charge < -0.3 is 14.2 Å². The van der Waals surface area contributed by atoms with Gasteiger partial charge in [0.2, 0.25) is 5.78 Å². The summed E-state index contributed by atoms with van der Waals surface area (Å²) >= 11 is 12.1. The van der Waals surface area contributed by atoms with Gasteiger partial charge in [0, 0.05) is 15.6 Å². The SMILES string of the molecule is COc1ccc(C(=O)Oc2ccc3c(c2C)O/C(=C\c2ccc(Cl)cc2Cl)C3=O)cc1. The van der Waals surface area contributed by atoms with Gasteiger partial charge in [0.25, 0.3) is 0 Å². The molecule has 0 radical (unpaired) electrons. The zero-order valence-corrected chi connectivity index (χ0v) is 18.1. The molecule has 0 saturated heterocycles. The molecule has 0 fully saturated rings. The summed E-state index contributed by atoms with van der Waals surface area (Å²) in [5.41, 5.74) is 1.90. The predicted molar refractivity (Wildman–Crippen MR) is 119 cm³/mol. The van der Waals surface area contributed by atoms with Gasteiger partial charge in [-0.2, -0.15) is 0 Å². The summed E-state index contributed by atoms with van der Waals surface area (Å²) in [6.45, 7) is 1.72. The minimum atomic E-state index is -0.529. The van der Waals surface area contributed by atoms with Crippen molar-refractivity contribution in [3.05, 3.63) is 92.7 Å². The lowest BCUT2D eigenvalue weighted by molar-refractivity contribution is 0.0733. The average Bonchev–Trinajstić information content (AvgIpc) is 3.08. The van der Waals surface area contributed by atoms with E-state index in [1.54, 1.807) is 74.7 Å². The molecular formula is C24H16Cl2O5. The molecule has 0 atom stereocenters. The van der Waals surface area contributed by atoms with Gasteiger partial charge in [-0.05, 0) is 67.1 Å². The van der Waals surface area contributed by atoms with E-state index in [4.69, 9.17) is 37.4 Å². The van der Waals surface area contributed by atoms with E-state index in [2.05, 4.69) is 0 Å². The maximum Gasteiger partial charge on any atom is 0.343 e. The van der Waals surface area contributed by atoms with Crippen molar-refractivity contribution in [3.63, 3.8) is 0 Å². The summed E-state index contributed by atoms with van der Waals surface area (Å²) in [5, 5.41) is 0.895. The lowest BCUT2D eigenvalue weighted by atomic mass is 10.1. The third-order valence-corrected chi connectivity index (χ3v) is 5.38. The fraction of sp³-hybridized carbons (Fsp3) is 0.0833. The lowest BCUT2D eigenvalue weighted by Crippen LogP contribution is -2.09. The molecule has 0 aliphatic carbocycles. The molecule has 156 valence electrons. The number of rotatable bonds is 4.